The molecule has 2 heterocycles. The molecule has 4 rings (SSSR count). The van der Waals surface area contributed by atoms with Gasteiger partial charge in [-0.15, -0.1) is 0 Å². The first-order chi connectivity index (χ1) is 13.9. The van der Waals surface area contributed by atoms with Crippen LogP contribution in [0.5, 0.6) is 17.2 Å². The van der Waals surface area contributed by atoms with E-state index < -0.39 is 15.9 Å². The SMILES string of the molecule is COc1ccc(CN(C(=O)[C@H]2COc3ccccc3O2)[C@H]2CCS(=O)(=O)C2)cc1. The number of carbonyl (C=O) groups is 1. The molecule has 0 spiro atoms. The number of carbonyl (C=O) groups excluding carboxylic acids is 1. The zero-order valence-corrected chi connectivity index (χ0v) is 16.9. The van der Waals surface area contributed by atoms with Crippen LogP contribution in [-0.4, -0.2) is 56.6 Å². The summed E-state index contributed by atoms with van der Waals surface area (Å²) >= 11 is 0. The Morgan fingerprint density at radius 3 is 2.52 bits per heavy atom. The normalized spacial score (nSPS) is 22.1. The molecule has 0 unspecified atom stereocenters. The second-order valence-corrected chi connectivity index (χ2v) is 9.46. The maximum Gasteiger partial charge on any atom is 0.267 e. The van der Waals surface area contributed by atoms with Crippen LogP contribution in [0.1, 0.15) is 12.0 Å². The number of benzene rings is 2. The Kier molecular flexibility index (Phi) is 5.36. The van der Waals surface area contributed by atoms with Crippen molar-refractivity contribution >= 4 is 15.7 Å². The molecule has 7 nitrogen and oxygen atoms in total. The van der Waals surface area contributed by atoms with Gasteiger partial charge in [0.25, 0.3) is 5.91 Å². The zero-order chi connectivity index (χ0) is 20.4. The number of nitrogens with zero attached hydrogens (tertiary/aromatic N) is 1. The minimum Gasteiger partial charge on any atom is -0.497 e. The van der Waals surface area contributed by atoms with Gasteiger partial charge in [-0.1, -0.05) is 24.3 Å². The summed E-state index contributed by atoms with van der Waals surface area (Å²) in [5, 5.41) is 0. The monoisotopic (exact) mass is 417 g/mol. The molecule has 2 atom stereocenters. The molecule has 0 saturated carbocycles. The molecule has 8 heteroatoms. The molecule has 0 bridgehead atoms. The first kappa shape index (κ1) is 19.6. The zero-order valence-electron chi connectivity index (χ0n) is 16.1. The first-order valence-electron chi connectivity index (χ1n) is 9.47. The molecule has 0 radical (unpaired) electrons. The number of para-hydroxylation sites is 2. The third-order valence-corrected chi connectivity index (χ3v) is 6.98. The molecule has 2 aliphatic heterocycles. The van der Waals surface area contributed by atoms with Crippen LogP contribution in [0.3, 0.4) is 0 Å². The second-order valence-electron chi connectivity index (χ2n) is 7.24. The average molecular weight is 417 g/mol. The fourth-order valence-electron chi connectivity index (χ4n) is 3.66. The third-order valence-electron chi connectivity index (χ3n) is 5.23. The standard InChI is InChI=1S/C21H23NO6S/c1-26-17-8-6-15(7-9-17)12-22(16-10-11-29(24,25)14-16)21(23)20-13-27-18-4-2-3-5-19(18)28-20/h2-9,16,20H,10-14H2,1H3/t16-,20+/m0/s1. The van der Waals surface area contributed by atoms with Gasteiger partial charge in [-0.2, -0.15) is 0 Å². The van der Waals surface area contributed by atoms with Gasteiger partial charge >= 0.3 is 0 Å². The molecule has 2 aromatic rings. The highest BCUT2D eigenvalue weighted by Crippen LogP contribution is 2.32. The quantitative estimate of drug-likeness (QED) is 0.741. The van der Waals surface area contributed by atoms with E-state index >= 15 is 0 Å². The molecule has 0 N–H and O–H groups in total. The van der Waals surface area contributed by atoms with E-state index in [0.717, 1.165) is 11.3 Å². The number of amides is 1. The molecular weight excluding hydrogens is 394 g/mol. The Morgan fingerprint density at radius 1 is 1.14 bits per heavy atom. The van der Waals surface area contributed by atoms with E-state index in [1.807, 2.05) is 36.4 Å². The van der Waals surface area contributed by atoms with Crippen molar-refractivity contribution < 1.29 is 27.4 Å². The molecule has 2 aromatic carbocycles. The molecular formula is C21H23NO6S. The number of sulfone groups is 1. The van der Waals surface area contributed by atoms with E-state index in [4.69, 9.17) is 14.2 Å². The van der Waals surface area contributed by atoms with E-state index in [0.29, 0.717) is 24.5 Å². The molecule has 1 fully saturated rings. The van der Waals surface area contributed by atoms with Crippen LogP contribution in [0.2, 0.25) is 0 Å². The van der Waals surface area contributed by atoms with Gasteiger partial charge in [0.2, 0.25) is 6.10 Å². The summed E-state index contributed by atoms with van der Waals surface area (Å²) in [6.07, 6.45) is -0.388. The summed E-state index contributed by atoms with van der Waals surface area (Å²) in [5.74, 6) is 1.63. The van der Waals surface area contributed by atoms with Gasteiger partial charge < -0.3 is 19.1 Å². The second kappa shape index (κ2) is 7.94. The number of hydrogen-bond acceptors (Lipinski definition) is 6. The maximum absolute atomic E-state index is 13.3. The number of fused-ring (bicyclic) bond motifs is 1. The van der Waals surface area contributed by atoms with Crippen molar-refractivity contribution in [2.75, 3.05) is 25.2 Å². The van der Waals surface area contributed by atoms with Crippen LogP contribution in [0.15, 0.2) is 48.5 Å². The smallest absolute Gasteiger partial charge is 0.267 e. The van der Waals surface area contributed by atoms with Crippen LogP contribution in [0.25, 0.3) is 0 Å². The minimum absolute atomic E-state index is 0.0287. The third kappa shape index (κ3) is 4.32. The van der Waals surface area contributed by atoms with Crippen molar-refractivity contribution in [3.63, 3.8) is 0 Å². The van der Waals surface area contributed by atoms with Gasteiger partial charge in [0.05, 0.1) is 18.6 Å². The molecule has 0 aliphatic carbocycles. The maximum atomic E-state index is 13.3. The van der Waals surface area contributed by atoms with E-state index in [1.165, 1.54) is 0 Å². The molecule has 2 aliphatic rings. The largest absolute Gasteiger partial charge is 0.497 e. The van der Waals surface area contributed by atoms with Crippen molar-refractivity contribution in [3.8, 4) is 17.2 Å². The van der Waals surface area contributed by atoms with Gasteiger partial charge in [0.1, 0.15) is 12.4 Å². The molecule has 1 amide bonds. The van der Waals surface area contributed by atoms with Crippen LogP contribution in [0, 0.1) is 0 Å². The Morgan fingerprint density at radius 2 is 1.86 bits per heavy atom. The highest BCUT2D eigenvalue weighted by Gasteiger charge is 2.39. The van der Waals surface area contributed by atoms with Crippen molar-refractivity contribution in [3.05, 3.63) is 54.1 Å². The van der Waals surface area contributed by atoms with Crippen LogP contribution in [-0.2, 0) is 21.2 Å². The van der Waals surface area contributed by atoms with Gasteiger partial charge in [0, 0.05) is 12.6 Å². The summed E-state index contributed by atoms with van der Waals surface area (Å²) in [6, 6.07) is 14.2. The van der Waals surface area contributed by atoms with Crippen molar-refractivity contribution in [1.82, 2.24) is 4.90 Å². The summed E-state index contributed by atoms with van der Waals surface area (Å²) in [4.78, 5) is 15.0. The highest BCUT2D eigenvalue weighted by molar-refractivity contribution is 7.91. The minimum atomic E-state index is -3.14. The van der Waals surface area contributed by atoms with E-state index in [2.05, 4.69) is 0 Å². The van der Waals surface area contributed by atoms with Crippen molar-refractivity contribution in [1.29, 1.82) is 0 Å². The summed E-state index contributed by atoms with van der Waals surface area (Å²) in [5.41, 5.74) is 0.889. The topological polar surface area (TPSA) is 82.1 Å². The fraction of sp³-hybridized carbons (Fsp3) is 0.381. The Balaban J connectivity index is 1.56. The van der Waals surface area contributed by atoms with E-state index in [-0.39, 0.29) is 30.1 Å². The molecule has 29 heavy (non-hydrogen) atoms. The lowest BCUT2D eigenvalue weighted by molar-refractivity contribution is -0.143. The number of hydrogen-bond donors (Lipinski definition) is 0. The van der Waals surface area contributed by atoms with Gasteiger partial charge in [-0.25, -0.2) is 8.42 Å². The number of methoxy groups -OCH3 is 1. The lowest BCUT2D eigenvalue weighted by atomic mass is 10.1. The Bertz CT molecular complexity index is 988. The number of rotatable bonds is 5. The van der Waals surface area contributed by atoms with Crippen molar-refractivity contribution in [2.45, 2.75) is 25.1 Å². The summed E-state index contributed by atoms with van der Waals surface area (Å²) in [6.45, 7) is 0.388. The molecule has 154 valence electrons. The summed E-state index contributed by atoms with van der Waals surface area (Å²) < 4.78 is 40.8. The summed E-state index contributed by atoms with van der Waals surface area (Å²) in [7, 11) is -1.55. The fourth-order valence-corrected chi connectivity index (χ4v) is 5.39. The lowest BCUT2D eigenvalue weighted by Crippen LogP contribution is -2.50. The predicted octanol–water partition coefficient (Wildman–Crippen LogP) is 2.05. The van der Waals surface area contributed by atoms with E-state index in [9.17, 15) is 13.2 Å². The average Bonchev–Trinajstić information content (AvgIpc) is 3.11. The predicted molar refractivity (Wildman–Crippen MR) is 107 cm³/mol. The van der Waals surface area contributed by atoms with Crippen LogP contribution < -0.4 is 14.2 Å². The van der Waals surface area contributed by atoms with Gasteiger partial charge in [-0.3, -0.25) is 4.79 Å². The highest BCUT2D eigenvalue weighted by atomic mass is 32.2. The molecule has 0 aromatic heterocycles. The Hall–Kier alpha value is -2.74. The van der Waals surface area contributed by atoms with Crippen LogP contribution in [0.4, 0.5) is 0 Å². The van der Waals surface area contributed by atoms with Crippen molar-refractivity contribution in [2.24, 2.45) is 0 Å². The first-order valence-corrected chi connectivity index (χ1v) is 11.3. The van der Waals surface area contributed by atoms with E-state index in [1.54, 1.807) is 24.1 Å². The van der Waals surface area contributed by atoms with Gasteiger partial charge in [0.15, 0.2) is 21.3 Å². The van der Waals surface area contributed by atoms with Crippen LogP contribution >= 0.6 is 0 Å². The van der Waals surface area contributed by atoms with Gasteiger partial charge in [-0.05, 0) is 36.2 Å². The molecule has 1 saturated heterocycles. The number of ether oxygens (including phenoxy) is 3. The lowest BCUT2D eigenvalue weighted by Gasteiger charge is -2.34. The Labute approximate surface area is 170 Å².